The monoisotopic (exact) mass is 240 g/mol. The topological polar surface area (TPSA) is 83.9 Å². The normalized spacial score (nSPS) is 11.9. The minimum absolute atomic E-state index is 0.146. The Balaban J connectivity index is 2.14. The summed E-state index contributed by atoms with van der Waals surface area (Å²) in [6, 6.07) is 12.2. The summed E-state index contributed by atoms with van der Waals surface area (Å²) in [6.45, 7) is 0. The molecule has 0 saturated heterocycles. The molecule has 2 aromatic rings. The quantitative estimate of drug-likeness (QED) is 0.484. The number of rotatable bonds is 3. The number of aromatic nitrogens is 1. The molecule has 1 aromatic carbocycles. The summed E-state index contributed by atoms with van der Waals surface area (Å²) in [5.74, 6) is 0.370. The molecule has 0 aliphatic carbocycles. The van der Waals surface area contributed by atoms with Crippen molar-refractivity contribution in [1.29, 1.82) is 0 Å². The highest BCUT2D eigenvalue weighted by Gasteiger charge is 1.97. The predicted octanol–water partition coefficient (Wildman–Crippen LogP) is 1.53. The predicted molar refractivity (Wildman–Crippen MR) is 70.7 cm³/mol. The number of para-hydroxylation sites is 1. The lowest BCUT2D eigenvalue weighted by Gasteiger charge is -1.96. The SMILES string of the molecule is N/C(=N/N=C/c1ccccc1O)c1ccccn1. The highest BCUT2D eigenvalue weighted by atomic mass is 16.3. The lowest BCUT2D eigenvalue weighted by Crippen LogP contribution is -2.14. The van der Waals surface area contributed by atoms with Crippen LogP contribution in [0.1, 0.15) is 11.3 Å². The Morgan fingerprint density at radius 2 is 1.94 bits per heavy atom. The zero-order valence-electron chi connectivity index (χ0n) is 9.56. The van der Waals surface area contributed by atoms with E-state index in [0.29, 0.717) is 11.3 Å². The van der Waals surface area contributed by atoms with E-state index in [4.69, 9.17) is 5.73 Å². The summed E-state index contributed by atoms with van der Waals surface area (Å²) in [6.07, 6.45) is 3.07. The number of nitrogens with two attached hydrogens (primary N) is 1. The molecule has 5 heteroatoms. The zero-order valence-corrected chi connectivity index (χ0v) is 9.56. The summed E-state index contributed by atoms with van der Waals surface area (Å²) in [7, 11) is 0. The summed E-state index contributed by atoms with van der Waals surface area (Å²) >= 11 is 0. The number of hydrogen-bond acceptors (Lipinski definition) is 4. The molecule has 0 spiro atoms. The van der Waals surface area contributed by atoms with Gasteiger partial charge in [0, 0.05) is 11.8 Å². The Morgan fingerprint density at radius 1 is 1.17 bits per heavy atom. The Morgan fingerprint density at radius 3 is 2.67 bits per heavy atom. The Bertz CT molecular complexity index is 579. The summed E-state index contributed by atoms with van der Waals surface area (Å²) in [5.41, 5.74) is 6.85. The van der Waals surface area contributed by atoms with Crippen LogP contribution in [0.2, 0.25) is 0 Å². The van der Waals surface area contributed by atoms with Gasteiger partial charge in [-0.2, -0.15) is 5.10 Å². The standard InChI is InChI=1S/C13H12N4O/c14-13(11-6-3-4-8-15-11)17-16-9-10-5-1-2-7-12(10)18/h1-9,18H,(H2,14,17)/b16-9+. The van der Waals surface area contributed by atoms with Crippen molar-refractivity contribution in [2.75, 3.05) is 0 Å². The van der Waals surface area contributed by atoms with Crippen molar-refractivity contribution in [2.45, 2.75) is 0 Å². The van der Waals surface area contributed by atoms with Gasteiger partial charge in [-0.05, 0) is 24.3 Å². The first-order valence-corrected chi connectivity index (χ1v) is 5.33. The Hall–Kier alpha value is -2.69. The molecule has 1 aromatic heterocycles. The molecule has 18 heavy (non-hydrogen) atoms. The fourth-order valence-corrected chi connectivity index (χ4v) is 1.32. The third-order valence-electron chi connectivity index (χ3n) is 2.23. The first-order chi connectivity index (χ1) is 8.77. The molecule has 0 saturated carbocycles. The Labute approximate surface area is 104 Å². The highest BCUT2D eigenvalue weighted by Crippen LogP contribution is 2.12. The van der Waals surface area contributed by atoms with Gasteiger partial charge in [0.1, 0.15) is 11.4 Å². The van der Waals surface area contributed by atoms with Crippen molar-refractivity contribution in [1.82, 2.24) is 4.98 Å². The van der Waals surface area contributed by atoms with E-state index in [9.17, 15) is 5.11 Å². The molecular formula is C13H12N4O. The molecule has 2 rings (SSSR count). The lowest BCUT2D eigenvalue weighted by molar-refractivity contribution is 0.474. The van der Waals surface area contributed by atoms with Gasteiger partial charge < -0.3 is 10.8 Å². The maximum absolute atomic E-state index is 9.51. The van der Waals surface area contributed by atoms with Crippen molar-refractivity contribution in [3.63, 3.8) is 0 Å². The largest absolute Gasteiger partial charge is 0.507 e. The van der Waals surface area contributed by atoms with Crippen LogP contribution in [0, 0.1) is 0 Å². The average Bonchev–Trinajstić information content (AvgIpc) is 2.42. The number of phenolic OH excluding ortho intramolecular Hbond substituents is 1. The number of amidine groups is 1. The molecule has 0 aliphatic heterocycles. The van der Waals surface area contributed by atoms with Gasteiger partial charge in [0.05, 0.1) is 6.21 Å². The van der Waals surface area contributed by atoms with Gasteiger partial charge in [-0.1, -0.05) is 18.2 Å². The molecule has 0 radical (unpaired) electrons. The maximum Gasteiger partial charge on any atom is 0.171 e. The number of hydrogen-bond donors (Lipinski definition) is 2. The number of phenols is 1. The molecule has 0 aliphatic rings. The number of benzene rings is 1. The highest BCUT2D eigenvalue weighted by molar-refractivity contribution is 5.96. The van der Waals surface area contributed by atoms with Gasteiger partial charge in [-0.3, -0.25) is 4.98 Å². The van der Waals surface area contributed by atoms with E-state index in [0.717, 1.165) is 0 Å². The third kappa shape index (κ3) is 2.91. The minimum Gasteiger partial charge on any atom is -0.507 e. The van der Waals surface area contributed by atoms with Crippen LogP contribution in [0.15, 0.2) is 58.9 Å². The van der Waals surface area contributed by atoms with Crippen LogP contribution in [0.5, 0.6) is 5.75 Å². The first-order valence-electron chi connectivity index (χ1n) is 5.33. The van der Waals surface area contributed by atoms with Gasteiger partial charge in [0.25, 0.3) is 0 Å². The van der Waals surface area contributed by atoms with Gasteiger partial charge in [-0.15, -0.1) is 5.10 Å². The summed E-state index contributed by atoms with van der Waals surface area (Å²) in [5, 5.41) is 17.1. The lowest BCUT2D eigenvalue weighted by atomic mass is 10.2. The molecule has 0 fully saturated rings. The minimum atomic E-state index is 0.146. The van der Waals surface area contributed by atoms with Crippen LogP contribution in [0.3, 0.4) is 0 Å². The van der Waals surface area contributed by atoms with E-state index in [-0.39, 0.29) is 11.6 Å². The van der Waals surface area contributed by atoms with Crippen molar-refractivity contribution in [2.24, 2.45) is 15.9 Å². The second kappa shape index (κ2) is 5.58. The van der Waals surface area contributed by atoms with Crippen molar-refractivity contribution >= 4 is 12.1 Å². The van der Waals surface area contributed by atoms with Gasteiger partial charge in [0.2, 0.25) is 0 Å². The molecule has 0 unspecified atom stereocenters. The van der Waals surface area contributed by atoms with Gasteiger partial charge >= 0.3 is 0 Å². The van der Waals surface area contributed by atoms with E-state index in [2.05, 4.69) is 15.2 Å². The average molecular weight is 240 g/mol. The van der Waals surface area contributed by atoms with Gasteiger partial charge in [-0.25, -0.2) is 0 Å². The van der Waals surface area contributed by atoms with Crippen LogP contribution < -0.4 is 5.73 Å². The van der Waals surface area contributed by atoms with Crippen molar-refractivity contribution in [3.8, 4) is 5.75 Å². The first kappa shape index (κ1) is 11.8. The van der Waals surface area contributed by atoms with Crippen LogP contribution >= 0.6 is 0 Å². The summed E-state index contributed by atoms with van der Waals surface area (Å²) < 4.78 is 0. The molecule has 0 bridgehead atoms. The van der Waals surface area contributed by atoms with Crippen molar-refractivity contribution < 1.29 is 5.11 Å². The van der Waals surface area contributed by atoms with Crippen LogP contribution in [-0.4, -0.2) is 22.1 Å². The third-order valence-corrected chi connectivity index (χ3v) is 2.23. The molecule has 5 nitrogen and oxygen atoms in total. The Kier molecular flexibility index (Phi) is 3.66. The van der Waals surface area contributed by atoms with Crippen LogP contribution in [-0.2, 0) is 0 Å². The molecule has 3 N–H and O–H groups in total. The number of pyridine rings is 1. The fraction of sp³-hybridized carbons (Fsp3) is 0. The van der Waals surface area contributed by atoms with Crippen LogP contribution in [0.4, 0.5) is 0 Å². The molecule has 1 heterocycles. The second-order valence-electron chi connectivity index (χ2n) is 3.50. The second-order valence-corrected chi connectivity index (χ2v) is 3.50. The smallest absolute Gasteiger partial charge is 0.171 e. The molecular weight excluding hydrogens is 228 g/mol. The molecule has 0 amide bonds. The number of nitrogens with zero attached hydrogens (tertiary/aromatic N) is 3. The fourth-order valence-electron chi connectivity index (χ4n) is 1.32. The van der Waals surface area contributed by atoms with E-state index in [1.54, 1.807) is 42.6 Å². The molecule has 90 valence electrons. The number of aromatic hydroxyl groups is 1. The van der Waals surface area contributed by atoms with E-state index < -0.39 is 0 Å². The zero-order chi connectivity index (χ0) is 12.8. The van der Waals surface area contributed by atoms with Crippen LogP contribution in [0.25, 0.3) is 0 Å². The summed E-state index contributed by atoms with van der Waals surface area (Å²) in [4.78, 5) is 4.04. The van der Waals surface area contributed by atoms with Gasteiger partial charge in [0.15, 0.2) is 5.84 Å². The molecule has 0 atom stereocenters. The van der Waals surface area contributed by atoms with E-state index in [1.807, 2.05) is 6.07 Å². The van der Waals surface area contributed by atoms with E-state index >= 15 is 0 Å². The van der Waals surface area contributed by atoms with Crippen molar-refractivity contribution in [3.05, 3.63) is 59.9 Å². The maximum atomic E-state index is 9.51. The van der Waals surface area contributed by atoms with E-state index in [1.165, 1.54) is 6.21 Å².